The summed E-state index contributed by atoms with van der Waals surface area (Å²) in [6, 6.07) is 5.60. The minimum absolute atomic E-state index is 0.0668. The molecule has 0 aliphatic heterocycles. The van der Waals surface area contributed by atoms with Gasteiger partial charge in [0.05, 0.1) is 7.11 Å². The van der Waals surface area contributed by atoms with E-state index in [0.29, 0.717) is 13.0 Å². The fourth-order valence-electron chi connectivity index (χ4n) is 3.22. The molecule has 0 radical (unpaired) electrons. The first-order chi connectivity index (χ1) is 11.5. The van der Waals surface area contributed by atoms with Gasteiger partial charge >= 0.3 is 0 Å². The van der Waals surface area contributed by atoms with Gasteiger partial charge in [-0.1, -0.05) is 13.0 Å². The Hall–Kier alpha value is -2.04. The van der Waals surface area contributed by atoms with Crippen LogP contribution in [0.5, 0.6) is 5.75 Å². The van der Waals surface area contributed by atoms with E-state index in [0.717, 1.165) is 31.4 Å². The van der Waals surface area contributed by atoms with Gasteiger partial charge in [0.2, 0.25) is 11.8 Å². The summed E-state index contributed by atoms with van der Waals surface area (Å²) < 4.78 is 5.28. The number of benzene rings is 1. The molecule has 0 unspecified atom stereocenters. The molecule has 1 aromatic carbocycles. The topological polar surface area (TPSA) is 67.4 Å². The minimum Gasteiger partial charge on any atom is -0.497 e. The van der Waals surface area contributed by atoms with Crippen molar-refractivity contribution in [2.45, 2.75) is 57.9 Å². The van der Waals surface area contributed by atoms with Gasteiger partial charge in [0, 0.05) is 13.0 Å². The first kappa shape index (κ1) is 18.3. The molecule has 132 valence electrons. The van der Waals surface area contributed by atoms with Gasteiger partial charge in [0.15, 0.2) is 0 Å². The van der Waals surface area contributed by atoms with E-state index in [4.69, 9.17) is 4.74 Å². The zero-order chi connectivity index (χ0) is 17.5. The van der Waals surface area contributed by atoms with Gasteiger partial charge < -0.3 is 15.4 Å². The number of nitrogens with one attached hydrogen (secondary N) is 2. The van der Waals surface area contributed by atoms with Gasteiger partial charge in [-0.15, -0.1) is 0 Å². The summed E-state index contributed by atoms with van der Waals surface area (Å²) in [6.45, 7) is 4.36. The molecule has 5 nitrogen and oxygen atoms in total. The van der Waals surface area contributed by atoms with Crippen molar-refractivity contribution in [1.82, 2.24) is 10.6 Å². The molecule has 1 aliphatic carbocycles. The zero-order valence-corrected chi connectivity index (χ0v) is 14.9. The first-order valence-electron chi connectivity index (χ1n) is 8.79. The Labute approximate surface area is 144 Å². The average Bonchev–Trinajstić information content (AvgIpc) is 2.59. The van der Waals surface area contributed by atoms with Gasteiger partial charge in [-0.3, -0.25) is 9.59 Å². The SMILES string of the molecule is CCCNC(=O)[C@@H](C)NC(=O)C[C@H]1CCCc2cc(OC)ccc21. The van der Waals surface area contributed by atoms with Crippen LogP contribution in [0.2, 0.25) is 0 Å². The molecule has 0 spiro atoms. The van der Waals surface area contributed by atoms with Crippen LogP contribution in [-0.2, 0) is 16.0 Å². The van der Waals surface area contributed by atoms with Crippen molar-refractivity contribution >= 4 is 11.8 Å². The molecule has 0 fully saturated rings. The van der Waals surface area contributed by atoms with Gasteiger partial charge in [0.25, 0.3) is 0 Å². The third kappa shape index (κ3) is 4.73. The number of fused-ring (bicyclic) bond motifs is 1. The second kappa shape index (κ2) is 8.71. The summed E-state index contributed by atoms with van der Waals surface area (Å²) >= 11 is 0. The van der Waals surface area contributed by atoms with Crippen LogP contribution in [0.15, 0.2) is 18.2 Å². The lowest BCUT2D eigenvalue weighted by molar-refractivity contribution is -0.128. The number of rotatable bonds is 7. The maximum atomic E-state index is 12.3. The van der Waals surface area contributed by atoms with E-state index in [1.165, 1.54) is 11.1 Å². The average molecular weight is 332 g/mol. The van der Waals surface area contributed by atoms with E-state index >= 15 is 0 Å². The van der Waals surface area contributed by atoms with Crippen molar-refractivity contribution in [2.75, 3.05) is 13.7 Å². The summed E-state index contributed by atoms with van der Waals surface area (Å²) in [5.74, 6) is 0.882. The number of amides is 2. The lowest BCUT2D eigenvalue weighted by atomic mass is 9.81. The molecule has 0 bridgehead atoms. The van der Waals surface area contributed by atoms with Crippen molar-refractivity contribution in [3.8, 4) is 5.75 Å². The fourth-order valence-corrected chi connectivity index (χ4v) is 3.22. The van der Waals surface area contributed by atoms with Gasteiger partial charge in [-0.2, -0.15) is 0 Å². The minimum atomic E-state index is -0.497. The van der Waals surface area contributed by atoms with E-state index in [1.54, 1.807) is 14.0 Å². The van der Waals surface area contributed by atoms with Gasteiger partial charge in [0.1, 0.15) is 11.8 Å². The van der Waals surface area contributed by atoms with E-state index in [2.05, 4.69) is 22.8 Å². The number of aryl methyl sites for hydroxylation is 1. The Balaban J connectivity index is 1.94. The highest BCUT2D eigenvalue weighted by Crippen LogP contribution is 2.35. The summed E-state index contributed by atoms with van der Waals surface area (Å²) in [5.41, 5.74) is 2.51. The zero-order valence-electron chi connectivity index (χ0n) is 14.9. The van der Waals surface area contributed by atoms with Crippen molar-refractivity contribution in [1.29, 1.82) is 0 Å². The molecule has 2 atom stereocenters. The number of carbonyl (C=O) groups excluding carboxylic acids is 2. The van der Waals surface area contributed by atoms with E-state index in [1.807, 2.05) is 13.0 Å². The molecule has 2 N–H and O–H groups in total. The molecule has 0 saturated carbocycles. The van der Waals surface area contributed by atoms with Crippen LogP contribution < -0.4 is 15.4 Å². The maximum Gasteiger partial charge on any atom is 0.242 e. The Morgan fingerprint density at radius 2 is 2.17 bits per heavy atom. The number of hydrogen-bond acceptors (Lipinski definition) is 3. The number of hydrogen-bond donors (Lipinski definition) is 2. The Morgan fingerprint density at radius 3 is 2.88 bits per heavy atom. The molecular weight excluding hydrogens is 304 g/mol. The standard InChI is InChI=1S/C19H28N2O3/c1-4-10-20-19(23)13(2)21-18(22)12-15-7-5-6-14-11-16(24-3)8-9-17(14)15/h8-9,11,13,15H,4-7,10,12H2,1-3H3,(H,20,23)(H,21,22)/t13-,15-/m1/s1. The van der Waals surface area contributed by atoms with Crippen molar-refractivity contribution in [2.24, 2.45) is 0 Å². The first-order valence-corrected chi connectivity index (χ1v) is 8.79. The van der Waals surface area contributed by atoms with Crippen LogP contribution >= 0.6 is 0 Å². The summed E-state index contributed by atoms with van der Waals surface area (Å²) in [7, 11) is 1.67. The highest BCUT2D eigenvalue weighted by Gasteiger charge is 2.24. The third-order valence-electron chi connectivity index (χ3n) is 4.54. The van der Waals surface area contributed by atoms with Crippen LogP contribution in [-0.4, -0.2) is 31.5 Å². The Kier molecular flexibility index (Phi) is 6.64. The normalized spacial score (nSPS) is 17.5. The Morgan fingerprint density at radius 1 is 1.38 bits per heavy atom. The predicted molar refractivity (Wildman–Crippen MR) is 94.2 cm³/mol. The molecule has 5 heteroatoms. The van der Waals surface area contributed by atoms with Gasteiger partial charge in [-0.25, -0.2) is 0 Å². The lowest BCUT2D eigenvalue weighted by Gasteiger charge is -2.26. The summed E-state index contributed by atoms with van der Waals surface area (Å²) in [4.78, 5) is 24.2. The molecule has 0 saturated heterocycles. The molecular formula is C19H28N2O3. The van der Waals surface area contributed by atoms with Crippen molar-refractivity contribution < 1.29 is 14.3 Å². The highest BCUT2D eigenvalue weighted by molar-refractivity contribution is 5.87. The van der Waals surface area contributed by atoms with E-state index in [9.17, 15) is 9.59 Å². The fraction of sp³-hybridized carbons (Fsp3) is 0.579. The highest BCUT2D eigenvalue weighted by atomic mass is 16.5. The molecule has 0 aromatic heterocycles. The second-order valence-electron chi connectivity index (χ2n) is 6.44. The van der Waals surface area contributed by atoms with Crippen LogP contribution in [0.3, 0.4) is 0 Å². The molecule has 2 amide bonds. The van der Waals surface area contributed by atoms with Crippen molar-refractivity contribution in [3.63, 3.8) is 0 Å². The maximum absolute atomic E-state index is 12.3. The largest absolute Gasteiger partial charge is 0.497 e. The van der Waals surface area contributed by atoms with Crippen LogP contribution in [0.25, 0.3) is 0 Å². The molecule has 0 heterocycles. The monoisotopic (exact) mass is 332 g/mol. The van der Waals surface area contributed by atoms with Crippen LogP contribution in [0.4, 0.5) is 0 Å². The van der Waals surface area contributed by atoms with Gasteiger partial charge in [-0.05, 0) is 61.8 Å². The van der Waals surface area contributed by atoms with Crippen LogP contribution in [0, 0.1) is 0 Å². The van der Waals surface area contributed by atoms with E-state index < -0.39 is 6.04 Å². The molecule has 1 aliphatic rings. The molecule has 2 rings (SSSR count). The predicted octanol–water partition coefficient (Wildman–Crippen LogP) is 2.54. The quantitative estimate of drug-likeness (QED) is 0.806. The smallest absolute Gasteiger partial charge is 0.242 e. The number of carbonyl (C=O) groups is 2. The summed E-state index contributed by atoms with van der Waals surface area (Å²) in [5, 5.41) is 5.62. The lowest BCUT2D eigenvalue weighted by Crippen LogP contribution is -2.45. The summed E-state index contributed by atoms with van der Waals surface area (Å²) in [6.07, 6.45) is 4.41. The second-order valence-corrected chi connectivity index (χ2v) is 6.44. The third-order valence-corrected chi connectivity index (χ3v) is 4.54. The van der Waals surface area contributed by atoms with Crippen LogP contribution in [0.1, 0.15) is 56.6 Å². The molecule has 24 heavy (non-hydrogen) atoms. The Bertz CT molecular complexity index is 586. The number of methoxy groups -OCH3 is 1. The molecule has 1 aromatic rings. The number of ether oxygens (including phenoxy) is 1. The van der Waals surface area contributed by atoms with E-state index in [-0.39, 0.29) is 17.7 Å². The van der Waals surface area contributed by atoms with Crippen molar-refractivity contribution in [3.05, 3.63) is 29.3 Å².